The Balaban J connectivity index is 0.00000243. The predicted molar refractivity (Wildman–Crippen MR) is 122 cm³/mol. The van der Waals surface area contributed by atoms with Crippen LogP contribution >= 0.6 is 35.3 Å². The summed E-state index contributed by atoms with van der Waals surface area (Å²) in [6.45, 7) is 6.80. The molecular formula is C20H29IN4S. The molecule has 26 heavy (non-hydrogen) atoms. The summed E-state index contributed by atoms with van der Waals surface area (Å²) >= 11 is 1.77. The molecule has 0 saturated carbocycles. The van der Waals surface area contributed by atoms with Crippen molar-refractivity contribution >= 4 is 41.3 Å². The molecule has 1 atom stereocenters. The Morgan fingerprint density at radius 2 is 2.15 bits per heavy atom. The second-order valence-electron chi connectivity index (χ2n) is 6.55. The number of fused-ring (bicyclic) bond motifs is 1. The average molecular weight is 484 g/mol. The molecular weight excluding hydrogens is 455 g/mol. The van der Waals surface area contributed by atoms with Crippen LogP contribution in [0.4, 0.5) is 0 Å². The molecule has 0 aliphatic heterocycles. The number of nitrogens with zero attached hydrogens (tertiary/aromatic N) is 2. The van der Waals surface area contributed by atoms with Crippen molar-refractivity contribution in [3.8, 4) is 0 Å². The van der Waals surface area contributed by atoms with E-state index in [0.29, 0.717) is 5.92 Å². The fraction of sp³-hybridized carbons (Fsp3) is 0.500. The molecule has 0 fully saturated rings. The standard InChI is InChI=1S/C20H28N4S.HI/c1-3-21-20(22-12-11-19-23-13-15(2)25-19)24-14-17-9-6-8-16-7-4-5-10-18(16)17;/h4-5,7,10,13,17H,3,6,8-9,11-12,14H2,1-2H3,(H2,21,22,24);1H. The number of thiazole rings is 1. The third-order valence-electron chi connectivity index (χ3n) is 4.61. The van der Waals surface area contributed by atoms with E-state index in [-0.39, 0.29) is 24.0 Å². The summed E-state index contributed by atoms with van der Waals surface area (Å²) in [6.07, 6.45) is 6.60. The maximum atomic E-state index is 4.85. The number of hydrogen-bond donors (Lipinski definition) is 2. The zero-order chi connectivity index (χ0) is 17.5. The van der Waals surface area contributed by atoms with Gasteiger partial charge in [0.2, 0.25) is 0 Å². The molecule has 1 unspecified atom stereocenters. The smallest absolute Gasteiger partial charge is 0.191 e. The van der Waals surface area contributed by atoms with Crippen LogP contribution in [0.1, 0.15) is 46.7 Å². The number of aromatic nitrogens is 1. The maximum Gasteiger partial charge on any atom is 0.191 e. The lowest BCUT2D eigenvalue weighted by Crippen LogP contribution is -2.38. The van der Waals surface area contributed by atoms with Gasteiger partial charge in [0.15, 0.2) is 5.96 Å². The molecule has 0 saturated heterocycles. The third-order valence-corrected chi connectivity index (χ3v) is 5.58. The highest BCUT2D eigenvalue weighted by molar-refractivity contribution is 14.0. The van der Waals surface area contributed by atoms with Crippen molar-refractivity contribution in [2.45, 2.75) is 45.4 Å². The van der Waals surface area contributed by atoms with E-state index in [2.05, 4.69) is 53.7 Å². The maximum absolute atomic E-state index is 4.85. The Morgan fingerprint density at radius 1 is 1.31 bits per heavy atom. The highest BCUT2D eigenvalue weighted by Crippen LogP contribution is 2.31. The summed E-state index contributed by atoms with van der Waals surface area (Å²) in [5.41, 5.74) is 3.00. The van der Waals surface area contributed by atoms with E-state index < -0.39 is 0 Å². The fourth-order valence-electron chi connectivity index (χ4n) is 3.39. The quantitative estimate of drug-likeness (QED) is 0.366. The normalized spacial score (nSPS) is 16.5. The highest BCUT2D eigenvalue weighted by Gasteiger charge is 2.19. The Hall–Kier alpha value is -1.15. The van der Waals surface area contributed by atoms with Gasteiger partial charge in [-0.2, -0.15) is 0 Å². The molecule has 0 radical (unpaired) electrons. The highest BCUT2D eigenvalue weighted by atomic mass is 127. The van der Waals surface area contributed by atoms with Crippen LogP contribution in [0, 0.1) is 6.92 Å². The number of benzene rings is 1. The van der Waals surface area contributed by atoms with Crippen LogP contribution < -0.4 is 10.6 Å². The molecule has 0 amide bonds. The number of halogens is 1. The molecule has 2 N–H and O–H groups in total. The van der Waals surface area contributed by atoms with Crippen LogP contribution in [-0.4, -0.2) is 30.6 Å². The van der Waals surface area contributed by atoms with Crippen LogP contribution in [0.2, 0.25) is 0 Å². The van der Waals surface area contributed by atoms with Crippen LogP contribution in [-0.2, 0) is 12.8 Å². The summed E-state index contributed by atoms with van der Waals surface area (Å²) in [5.74, 6) is 1.46. The second kappa shape index (κ2) is 10.9. The summed E-state index contributed by atoms with van der Waals surface area (Å²) in [5, 5.41) is 7.99. The largest absolute Gasteiger partial charge is 0.357 e. The molecule has 4 nitrogen and oxygen atoms in total. The van der Waals surface area contributed by atoms with E-state index in [0.717, 1.165) is 32.0 Å². The molecule has 6 heteroatoms. The lowest BCUT2D eigenvalue weighted by molar-refractivity contribution is 0.559. The van der Waals surface area contributed by atoms with Gasteiger partial charge in [-0.3, -0.25) is 4.99 Å². The van der Waals surface area contributed by atoms with Crippen molar-refractivity contribution in [2.24, 2.45) is 4.99 Å². The van der Waals surface area contributed by atoms with E-state index in [9.17, 15) is 0 Å². The fourth-order valence-corrected chi connectivity index (χ4v) is 4.18. The van der Waals surface area contributed by atoms with Crippen molar-refractivity contribution in [1.29, 1.82) is 0 Å². The predicted octanol–water partition coefficient (Wildman–Crippen LogP) is 4.29. The van der Waals surface area contributed by atoms with Crippen molar-refractivity contribution in [3.05, 3.63) is 51.5 Å². The van der Waals surface area contributed by atoms with Gasteiger partial charge in [-0.1, -0.05) is 24.3 Å². The Kier molecular flexibility index (Phi) is 8.84. The van der Waals surface area contributed by atoms with Crippen LogP contribution in [0.25, 0.3) is 0 Å². The number of aliphatic imine (C=N–C) groups is 1. The monoisotopic (exact) mass is 484 g/mol. The molecule has 3 rings (SSSR count). The van der Waals surface area contributed by atoms with E-state index in [1.165, 1.54) is 40.3 Å². The van der Waals surface area contributed by atoms with Crippen molar-refractivity contribution in [1.82, 2.24) is 15.6 Å². The topological polar surface area (TPSA) is 49.3 Å². The van der Waals surface area contributed by atoms with Crippen molar-refractivity contribution in [2.75, 3.05) is 19.6 Å². The first-order chi connectivity index (χ1) is 12.3. The van der Waals surface area contributed by atoms with Gasteiger partial charge in [0.1, 0.15) is 0 Å². The molecule has 0 spiro atoms. The Labute approximate surface area is 177 Å². The van der Waals surface area contributed by atoms with Crippen LogP contribution in [0.15, 0.2) is 35.5 Å². The van der Waals surface area contributed by atoms with Crippen molar-refractivity contribution in [3.63, 3.8) is 0 Å². The summed E-state index contributed by atoms with van der Waals surface area (Å²) in [6, 6.07) is 8.85. The second-order valence-corrected chi connectivity index (χ2v) is 7.87. The van der Waals surface area contributed by atoms with Crippen molar-refractivity contribution < 1.29 is 0 Å². The summed E-state index contributed by atoms with van der Waals surface area (Å²) in [7, 11) is 0. The zero-order valence-electron chi connectivity index (χ0n) is 15.6. The minimum atomic E-state index is 0. The SMILES string of the molecule is CCNC(=NCC1CCCc2ccccc21)NCCc1ncc(C)s1.I. The minimum absolute atomic E-state index is 0. The minimum Gasteiger partial charge on any atom is -0.357 e. The van der Waals surface area contributed by atoms with Gasteiger partial charge in [0.25, 0.3) is 0 Å². The molecule has 1 aromatic carbocycles. The molecule has 1 aliphatic rings. The average Bonchev–Trinajstić information content (AvgIpc) is 3.05. The lowest BCUT2D eigenvalue weighted by Gasteiger charge is -2.24. The number of rotatable bonds is 6. The molecule has 2 aromatic rings. The first kappa shape index (κ1) is 21.2. The lowest BCUT2D eigenvalue weighted by atomic mass is 9.83. The first-order valence-electron chi connectivity index (χ1n) is 9.27. The van der Waals surface area contributed by atoms with E-state index in [1.54, 1.807) is 11.3 Å². The number of aryl methyl sites for hydroxylation is 2. The summed E-state index contributed by atoms with van der Waals surface area (Å²) in [4.78, 5) is 10.5. The van der Waals surface area contributed by atoms with Crippen LogP contribution in [0.5, 0.6) is 0 Å². The first-order valence-corrected chi connectivity index (χ1v) is 10.1. The van der Waals surface area contributed by atoms with E-state index >= 15 is 0 Å². The molecule has 1 heterocycles. The number of hydrogen-bond acceptors (Lipinski definition) is 3. The van der Waals surface area contributed by atoms with E-state index in [4.69, 9.17) is 4.99 Å². The molecule has 142 valence electrons. The number of nitrogens with one attached hydrogen (secondary N) is 2. The Bertz CT molecular complexity index is 713. The number of guanidine groups is 1. The van der Waals surface area contributed by atoms with E-state index in [1.807, 2.05) is 6.20 Å². The van der Waals surface area contributed by atoms with Crippen LogP contribution in [0.3, 0.4) is 0 Å². The van der Waals surface area contributed by atoms with Gasteiger partial charge in [0, 0.05) is 43.0 Å². The third kappa shape index (κ3) is 5.94. The molecule has 0 bridgehead atoms. The van der Waals surface area contributed by atoms with Gasteiger partial charge in [-0.25, -0.2) is 4.98 Å². The van der Waals surface area contributed by atoms with Gasteiger partial charge in [-0.15, -0.1) is 35.3 Å². The van der Waals surface area contributed by atoms with Gasteiger partial charge in [-0.05, 0) is 44.2 Å². The zero-order valence-corrected chi connectivity index (χ0v) is 18.8. The molecule has 1 aliphatic carbocycles. The molecule has 1 aromatic heterocycles. The van der Waals surface area contributed by atoms with Gasteiger partial charge < -0.3 is 10.6 Å². The van der Waals surface area contributed by atoms with Gasteiger partial charge in [0.05, 0.1) is 5.01 Å². The summed E-state index contributed by atoms with van der Waals surface area (Å²) < 4.78 is 0. The van der Waals surface area contributed by atoms with Gasteiger partial charge >= 0.3 is 0 Å². The Morgan fingerprint density at radius 3 is 2.92 bits per heavy atom.